The highest BCUT2D eigenvalue weighted by Crippen LogP contribution is 1.57. The fourth-order valence-corrected chi connectivity index (χ4v) is 0. The Bertz CT molecular complexity index is 20.9. The molecule has 0 aromatic heterocycles. The van der Waals surface area contributed by atoms with Gasteiger partial charge in [0.05, 0.1) is 5.88 Å². The lowest BCUT2D eigenvalue weighted by molar-refractivity contribution is -0.105. The number of rotatable bonds is 1. The fourth-order valence-electron chi connectivity index (χ4n) is 0. The summed E-state index contributed by atoms with van der Waals surface area (Å²) < 4.78 is 0. The van der Waals surface area contributed by atoms with Gasteiger partial charge < -0.3 is 4.79 Å². The van der Waals surface area contributed by atoms with Crippen LogP contribution in [0.3, 0.4) is 0 Å². The Kier molecular flexibility index (Phi) is 16.0. The maximum absolute atomic E-state index is 9.04. The third-order valence-corrected chi connectivity index (χ3v) is 0.189. The highest BCUT2D eigenvalue weighted by atomic mass is 35.5. The Balaban J connectivity index is 0. The number of hydrogen-bond acceptors (Lipinski definition) is 1. The first-order valence-electron chi connectivity index (χ1n) is 0.911. The maximum Gasteiger partial charge on any atom is 0.134 e. The van der Waals surface area contributed by atoms with Crippen molar-refractivity contribution < 1.29 is 4.79 Å². The zero-order chi connectivity index (χ0) is 3.41. The van der Waals surface area contributed by atoms with E-state index in [1.165, 1.54) is 0 Å². The molecule has 0 fully saturated rings. The summed E-state index contributed by atoms with van der Waals surface area (Å²) in [6.07, 6.45) is 0.640. The number of hydrogen-bond donors (Lipinski definition) is 0. The van der Waals surface area contributed by atoms with Crippen molar-refractivity contribution in [1.82, 2.24) is 0 Å². The van der Waals surface area contributed by atoms with Gasteiger partial charge in [-0.1, -0.05) is 7.43 Å². The first-order chi connectivity index (χ1) is 1.91. The topological polar surface area (TPSA) is 17.1 Å². The van der Waals surface area contributed by atoms with E-state index in [4.69, 9.17) is 16.4 Å². The summed E-state index contributed by atoms with van der Waals surface area (Å²) in [6.45, 7) is 0. The first kappa shape index (κ1) is 8.88. The lowest BCUT2D eigenvalue weighted by Gasteiger charge is -1.49. The van der Waals surface area contributed by atoms with Crippen LogP contribution in [-0.4, -0.2) is 12.2 Å². The Labute approximate surface area is 36.9 Å². The van der Waals surface area contributed by atoms with Gasteiger partial charge in [0.1, 0.15) is 6.29 Å². The van der Waals surface area contributed by atoms with Crippen LogP contribution in [0, 0.1) is 0 Å². The zero-order valence-electron chi connectivity index (χ0n) is 2.07. The normalized spacial score (nSPS) is 5.00. The Hall–Kier alpha value is -0.0400. The average molecular weight is 94.5 g/mol. The largest absolute Gasteiger partial charge is 0.302 e. The molecule has 0 aliphatic heterocycles. The smallest absolute Gasteiger partial charge is 0.134 e. The van der Waals surface area contributed by atoms with Gasteiger partial charge in [0, 0.05) is 0 Å². The van der Waals surface area contributed by atoms with E-state index in [-0.39, 0.29) is 13.3 Å². The van der Waals surface area contributed by atoms with Gasteiger partial charge in [-0.3, -0.25) is 0 Å². The molecule has 0 saturated carbocycles. The standard InChI is InChI=1S/C2H3ClO.CH4/c3-1-2-4;/h2H,1H2;1H4. The van der Waals surface area contributed by atoms with Crippen LogP contribution in [0.5, 0.6) is 0 Å². The molecule has 0 rings (SSSR count). The van der Waals surface area contributed by atoms with Crippen molar-refractivity contribution in [3.63, 3.8) is 0 Å². The molecule has 0 aliphatic rings. The van der Waals surface area contributed by atoms with Crippen LogP contribution in [-0.2, 0) is 4.79 Å². The zero-order valence-corrected chi connectivity index (χ0v) is 2.83. The van der Waals surface area contributed by atoms with Gasteiger partial charge in [0.25, 0.3) is 0 Å². The van der Waals surface area contributed by atoms with Crippen LogP contribution < -0.4 is 0 Å². The molecule has 0 heterocycles. The van der Waals surface area contributed by atoms with E-state index in [0.29, 0.717) is 6.29 Å². The molecule has 0 saturated heterocycles. The van der Waals surface area contributed by atoms with Gasteiger partial charge in [0.2, 0.25) is 0 Å². The van der Waals surface area contributed by atoms with E-state index >= 15 is 0 Å². The Morgan fingerprint density at radius 1 is 1.80 bits per heavy atom. The molecule has 0 spiro atoms. The third kappa shape index (κ3) is 16.5. The summed E-state index contributed by atoms with van der Waals surface area (Å²) in [4.78, 5) is 9.04. The molecule has 0 aromatic carbocycles. The lowest BCUT2D eigenvalue weighted by atomic mass is 10.9. The summed E-state index contributed by atoms with van der Waals surface area (Å²) in [7, 11) is 0. The molecule has 32 valence electrons. The molecule has 0 unspecified atom stereocenters. The van der Waals surface area contributed by atoms with E-state index in [9.17, 15) is 0 Å². The minimum atomic E-state index is 0. The van der Waals surface area contributed by atoms with Crippen LogP contribution in [0.25, 0.3) is 0 Å². The summed E-state index contributed by atoms with van der Waals surface area (Å²) in [5.74, 6) is 0.111. The van der Waals surface area contributed by atoms with Gasteiger partial charge in [0.15, 0.2) is 0 Å². The highest BCUT2D eigenvalue weighted by molar-refractivity contribution is 6.24. The molecule has 5 heavy (non-hydrogen) atoms. The van der Waals surface area contributed by atoms with Gasteiger partial charge in [-0.25, -0.2) is 0 Å². The van der Waals surface area contributed by atoms with E-state index in [2.05, 4.69) is 0 Å². The van der Waals surface area contributed by atoms with E-state index in [1.54, 1.807) is 0 Å². The molecule has 0 radical (unpaired) electrons. The molecule has 0 atom stereocenters. The minimum Gasteiger partial charge on any atom is -0.302 e. The quantitative estimate of drug-likeness (QED) is 0.351. The first-order valence-corrected chi connectivity index (χ1v) is 1.45. The van der Waals surface area contributed by atoms with Gasteiger partial charge in [-0.15, -0.1) is 11.6 Å². The van der Waals surface area contributed by atoms with Crippen molar-refractivity contribution in [1.29, 1.82) is 0 Å². The van der Waals surface area contributed by atoms with Crippen molar-refractivity contribution >= 4 is 17.9 Å². The molecule has 0 bridgehead atoms. The summed E-state index contributed by atoms with van der Waals surface area (Å²) in [6, 6.07) is 0. The van der Waals surface area contributed by atoms with E-state index < -0.39 is 0 Å². The van der Waals surface area contributed by atoms with Crippen LogP contribution >= 0.6 is 11.6 Å². The molecule has 0 amide bonds. The molecule has 0 N–H and O–H groups in total. The van der Waals surface area contributed by atoms with Crippen molar-refractivity contribution in [3.8, 4) is 0 Å². The van der Waals surface area contributed by atoms with E-state index in [0.717, 1.165) is 0 Å². The second-order valence-corrected chi connectivity index (χ2v) is 0.630. The third-order valence-electron chi connectivity index (χ3n) is 0.0630. The fraction of sp³-hybridized carbons (Fsp3) is 0.667. The molecular weight excluding hydrogens is 87.5 g/mol. The number of carbonyl (C=O) groups is 1. The van der Waals surface area contributed by atoms with Crippen LogP contribution in [0.15, 0.2) is 0 Å². The molecule has 2 heteroatoms. The van der Waals surface area contributed by atoms with Gasteiger partial charge in [-0.2, -0.15) is 0 Å². The Morgan fingerprint density at radius 3 is 2.00 bits per heavy atom. The average Bonchev–Trinajstić information content (AvgIpc) is 1.37. The minimum absolute atomic E-state index is 0. The predicted octanol–water partition coefficient (Wildman–Crippen LogP) is 1.06. The number of carbonyl (C=O) groups excluding carboxylic acids is 1. The maximum atomic E-state index is 9.04. The number of aldehydes is 1. The predicted molar refractivity (Wildman–Crippen MR) is 23.5 cm³/mol. The van der Waals surface area contributed by atoms with Gasteiger partial charge >= 0.3 is 0 Å². The van der Waals surface area contributed by atoms with Crippen LogP contribution in [0.4, 0.5) is 0 Å². The second-order valence-electron chi connectivity index (χ2n) is 0.321. The Morgan fingerprint density at radius 2 is 2.00 bits per heavy atom. The van der Waals surface area contributed by atoms with Crippen molar-refractivity contribution in [2.24, 2.45) is 0 Å². The van der Waals surface area contributed by atoms with E-state index in [1.807, 2.05) is 0 Å². The summed E-state index contributed by atoms with van der Waals surface area (Å²) in [5.41, 5.74) is 0. The summed E-state index contributed by atoms with van der Waals surface area (Å²) in [5, 5.41) is 0. The van der Waals surface area contributed by atoms with Crippen LogP contribution in [0.1, 0.15) is 7.43 Å². The van der Waals surface area contributed by atoms with Gasteiger partial charge in [-0.05, 0) is 0 Å². The monoisotopic (exact) mass is 94.0 g/mol. The van der Waals surface area contributed by atoms with Crippen LogP contribution in [0.2, 0.25) is 0 Å². The van der Waals surface area contributed by atoms with Crippen molar-refractivity contribution in [2.75, 3.05) is 5.88 Å². The SMILES string of the molecule is C.O=CCCl. The number of halogens is 1. The second kappa shape index (κ2) is 9.03. The molecule has 1 nitrogen and oxygen atoms in total. The summed E-state index contributed by atoms with van der Waals surface area (Å²) >= 11 is 4.82. The number of alkyl halides is 1. The highest BCUT2D eigenvalue weighted by Gasteiger charge is 1.55. The van der Waals surface area contributed by atoms with Crippen molar-refractivity contribution in [2.45, 2.75) is 7.43 Å². The lowest BCUT2D eigenvalue weighted by Crippen LogP contribution is -1.63. The molecule has 0 aromatic rings. The van der Waals surface area contributed by atoms with Crippen molar-refractivity contribution in [3.05, 3.63) is 0 Å². The molecule has 0 aliphatic carbocycles. The molecular formula is C3H7ClO.